The summed E-state index contributed by atoms with van der Waals surface area (Å²) < 4.78 is 5.19. The SMILES string of the molecule is COc1ccc(Nc2ccc(NC(=O)c3cccc(CC4NNC(=O)C5CCCCC45)c3)cc2)cc1. The fourth-order valence-electron chi connectivity index (χ4n) is 5.31. The van der Waals surface area contributed by atoms with Crippen LogP contribution in [0.25, 0.3) is 0 Å². The van der Waals surface area contributed by atoms with Gasteiger partial charge in [0.05, 0.1) is 7.11 Å². The minimum absolute atomic E-state index is 0.0960. The van der Waals surface area contributed by atoms with Gasteiger partial charge in [0, 0.05) is 34.6 Å². The van der Waals surface area contributed by atoms with Gasteiger partial charge in [0.2, 0.25) is 5.91 Å². The molecule has 36 heavy (non-hydrogen) atoms. The largest absolute Gasteiger partial charge is 0.497 e. The maximum Gasteiger partial charge on any atom is 0.255 e. The molecule has 4 N–H and O–H groups in total. The third kappa shape index (κ3) is 5.52. The van der Waals surface area contributed by atoms with Gasteiger partial charge in [-0.05, 0) is 91.4 Å². The Morgan fingerprint density at radius 1 is 0.944 bits per heavy atom. The Morgan fingerprint density at radius 2 is 1.64 bits per heavy atom. The first-order valence-corrected chi connectivity index (χ1v) is 12.6. The lowest BCUT2D eigenvalue weighted by molar-refractivity contribution is -0.133. The van der Waals surface area contributed by atoms with Crippen LogP contribution in [0.5, 0.6) is 5.75 Å². The second-order valence-electron chi connectivity index (χ2n) is 9.58. The highest BCUT2D eigenvalue weighted by Crippen LogP contribution is 2.35. The molecule has 1 heterocycles. The highest BCUT2D eigenvalue weighted by Gasteiger charge is 2.39. The minimum atomic E-state index is -0.145. The van der Waals surface area contributed by atoms with Crippen molar-refractivity contribution < 1.29 is 14.3 Å². The number of ether oxygens (including phenoxy) is 1. The third-order valence-corrected chi connectivity index (χ3v) is 7.22. The van der Waals surface area contributed by atoms with Gasteiger partial charge in [-0.15, -0.1) is 0 Å². The quantitative estimate of drug-likeness (QED) is 0.377. The van der Waals surface area contributed by atoms with Gasteiger partial charge in [-0.1, -0.05) is 25.0 Å². The van der Waals surface area contributed by atoms with E-state index in [9.17, 15) is 9.59 Å². The number of carbonyl (C=O) groups is 2. The lowest BCUT2D eigenvalue weighted by Gasteiger charge is -2.41. The van der Waals surface area contributed by atoms with Crippen molar-refractivity contribution in [3.8, 4) is 5.75 Å². The van der Waals surface area contributed by atoms with Crippen LogP contribution in [-0.2, 0) is 11.2 Å². The molecule has 3 unspecified atom stereocenters. The number of methoxy groups -OCH3 is 1. The number of nitrogens with one attached hydrogen (secondary N) is 4. The zero-order valence-electron chi connectivity index (χ0n) is 20.4. The number of carbonyl (C=O) groups excluding carboxylic acids is 2. The summed E-state index contributed by atoms with van der Waals surface area (Å²) in [5.74, 6) is 1.22. The van der Waals surface area contributed by atoms with E-state index in [0.29, 0.717) is 11.5 Å². The number of hydrogen-bond acceptors (Lipinski definition) is 5. The number of benzene rings is 3. The predicted octanol–water partition coefficient (Wildman–Crippen LogP) is 5.04. The van der Waals surface area contributed by atoms with Gasteiger partial charge in [0.25, 0.3) is 5.91 Å². The number of fused-ring (bicyclic) bond motifs is 1. The zero-order chi connectivity index (χ0) is 24.9. The molecule has 2 fully saturated rings. The molecular weight excluding hydrogens is 452 g/mol. The standard InChI is InChI=1S/C29H32N4O3/c1-36-24-15-13-22(14-16-24)30-21-9-11-23(12-10-21)31-28(34)20-6-4-5-19(17-20)18-27-25-7-2-3-8-26(25)29(35)33-32-27/h4-6,9-17,25-27,30,32H,2-3,7-8,18H2,1H3,(H,31,34)(H,33,35). The summed E-state index contributed by atoms with van der Waals surface area (Å²) in [5, 5.41) is 6.33. The van der Waals surface area contributed by atoms with Crippen molar-refractivity contribution in [2.24, 2.45) is 11.8 Å². The Labute approximate surface area is 211 Å². The molecule has 1 saturated carbocycles. The lowest BCUT2D eigenvalue weighted by atomic mass is 9.72. The molecule has 2 amide bonds. The molecule has 2 aliphatic rings. The van der Waals surface area contributed by atoms with Crippen molar-refractivity contribution in [3.63, 3.8) is 0 Å². The second-order valence-corrected chi connectivity index (χ2v) is 9.58. The molecule has 0 aromatic heterocycles. The van der Waals surface area contributed by atoms with E-state index >= 15 is 0 Å². The van der Waals surface area contributed by atoms with Gasteiger partial charge in [-0.3, -0.25) is 15.0 Å². The van der Waals surface area contributed by atoms with Crippen LogP contribution in [0, 0.1) is 11.8 Å². The monoisotopic (exact) mass is 484 g/mol. The number of hydrazine groups is 1. The van der Waals surface area contributed by atoms with Crippen LogP contribution in [0.15, 0.2) is 72.8 Å². The molecule has 1 aliphatic heterocycles. The summed E-state index contributed by atoms with van der Waals surface area (Å²) in [6, 6.07) is 23.3. The number of anilines is 3. The first-order chi connectivity index (χ1) is 17.6. The van der Waals surface area contributed by atoms with E-state index in [1.807, 2.05) is 72.8 Å². The van der Waals surface area contributed by atoms with Crippen molar-refractivity contribution in [2.75, 3.05) is 17.7 Å². The van der Waals surface area contributed by atoms with Crippen molar-refractivity contribution >= 4 is 28.9 Å². The number of amides is 2. The highest BCUT2D eigenvalue weighted by atomic mass is 16.5. The summed E-state index contributed by atoms with van der Waals surface area (Å²) in [4.78, 5) is 25.2. The summed E-state index contributed by atoms with van der Waals surface area (Å²) in [7, 11) is 1.64. The molecule has 1 saturated heterocycles. The van der Waals surface area contributed by atoms with Crippen LogP contribution in [-0.4, -0.2) is 25.0 Å². The molecule has 5 rings (SSSR count). The maximum absolute atomic E-state index is 13.0. The van der Waals surface area contributed by atoms with Crippen LogP contribution in [0.2, 0.25) is 0 Å². The van der Waals surface area contributed by atoms with Crippen molar-refractivity contribution in [1.82, 2.24) is 10.9 Å². The van der Waals surface area contributed by atoms with Crippen molar-refractivity contribution in [2.45, 2.75) is 38.1 Å². The van der Waals surface area contributed by atoms with E-state index in [1.54, 1.807) is 7.11 Å². The fourth-order valence-corrected chi connectivity index (χ4v) is 5.31. The maximum atomic E-state index is 13.0. The van der Waals surface area contributed by atoms with Gasteiger partial charge in [-0.25, -0.2) is 5.43 Å². The molecule has 0 bridgehead atoms. The summed E-state index contributed by atoms with van der Waals surface area (Å²) in [6.07, 6.45) is 5.10. The molecule has 7 heteroatoms. The van der Waals surface area contributed by atoms with Gasteiger partial charge >= 0.3 is 0 Å². The smallest absolute Gasteiger partial charge is 0.255 e. The van der Waals surface area contributed by atoms with Crippen LogP contribution < -0.4 is 26.2 Å². The first-order valence-electron chi connectivity index (χ1n) is 12.6. The Hall–Kier alpha value is -3.84. The molecule has 3 atom stereocenters. The topological polar surface area (TPSA) is 91.5 Å². The van der Waals surface area contributed by atoms with E-state index in [2.05, 4.69) is 21.5 Å². The average molecular weight is 485 g/mol. The van der Waals surface area contributed by atoms with Crippen LogP contribution in [0.4, 0.5) is 17.1 Å². The van der Waals surface area contributed by atoms with Gasteiger partial charge in [-0.2, -0.15) is 0 Å². The van der Waals surface area contributed by atoms with E-state index in [1.165, 1.54) is 6.42 Å². The van der Waals surface area contributed by atoms with Gasteiger partial charge in [0.1, 0.15) is 5.75 Å². The van der Waals surface area contributed by atoms with Crippen LogP contribution in [0.3, 0.4) is 0 Å². The molecule has 3 aromatic rings. The van der Waals surface area contributed by atoms with Crippen LogP contribution >= 0.6 is 0 Å². The molecule has 3 aromatic carbocycles. The fraction of sp³-hybridized carbons (Fsp3) is 0.310. The molecule has 7 nitrogen and oxygen atoms in total. The minimum Gasteiger partial charge on any atom is -0.497 e. The number of hydrogen-bond donors (Lipinski definition) is 4. The Bertz CT molecular complexity index is 1210. The average Bonchev–Trinajstić information content (AvgIpc) is 2.92. The number of rotatable bonds is 7. The van der Waals surface area contributed by atoms with E-state index < -0.39 is 0 Å². The second kappa shape index (κ2) is 10.8. The van der Waals surface area contributed by atoms with Crippen LogP contribution in [0.1, 0.15) is 41.6 Å². The van der Waals surface area contributed by atoms with Crippen molar-refractivity contribution in [1.29, 1.82) is 0 Å². The molecule has 186 valence electrons. The highest BCUT2D eigenvalue weighted by molar-refractivity contribution is 6.04. The molecule has 0 radical (unpaired) electrons. The van der Waals surface area contributed by atoms with Crippen molar-refractivity contribution in [3.05, 3.63) is 83.9 Å². The summed E-state index contributed by atoms with van der Waals surface area (Å²) in [5.41, 5.74) is 10.4. The third-order valence-electron chi connectivity index (χ3n) is 7.22. The Kier molecular flexibility index (Phi) is 7.18. The molecule has 0 spiro atoms. The predicted molar refractivity (Wildman–Crippen MR) is 141 cm³/mol. The van der Waals surface area contributed by atoms with Gasteiger partial charge < -0.3 is 15.4 Å². The zero-order valence-corrected chi connectivity index (χ0v) is 20.4. The summed E-state index contributed by atoms with van der Waals surface area (Å²) in [6.45, 7) is 0. The molecule has 1 aliphatic carbocycles. The van der Waals surface area contributed by atoms with Gasteiger partial charge in [0.15, 0.2) is 0 Å². The normalized spacial score (nSPS) is 21.1. The first kappa shape index (κ1) is 23.9. The Balaban J connectivity index is 1.20. The lowest BCUT2D eigenvalue weighted by Crippen LogP contribution is -2.60. The molecular formula is C29H32N4O3. The summed E-state index contributed by atoms with van der Waals surface area (Å²) >= 11 is 0. The van der Waals surface area contributed by atoms with E-state index in [4.69, 9.17) is 4.74 Å². The van der Waals surface area contributed by atoms with E-state index in [0.717, 1.165) is 54.1 Å². The van der Waals surface area contributed by atoms with E-state index in [-0.39, 0.29) is 23.8 Å². The Morgan fingerprint density at radius 3 is 2.39 bits per heavy atom.